The van der Waals surface area contributed by atoms with Gasteiger partial charge in [0.15, 0.2) is 5.78 Å². The number of halogens is 1. The van der Waals surface area contributed by atoms with Gasteiger partial charge in [-0.2, -0.15) is 0 Å². The number of ketones is 1. The second-order valence-corrected chi connectivity index (χ2v) is 11.2. The standard InChI is InChI=1S/C31H26ClNO3S2/c1-22(34)36-33-27(19-20-37-28-17-11-26(32)12-18-28)21-23-7-13-29(14-8-23)38-30-15-9-25(10-16-30)31(35)24-5-3-2-4-6-24/h2-18H,19-21H2,1H3/b33-27+. The van der Waals surface area contributed by atoms with Crippen LogP contribution in [-0.2, 0) is 16.1 Å². The lowest BCUT2D eigenvalue weighted by Gasteiger charge is -2.08. The van der Waals surface area contributed by atoms with Crippen molar-refractivity contribution in [2.24, 2.45) is 5.16 Å². The van der Waals surface area contributed by atoms with Crippen molar-refractivity contribution in [3.05, 3.63) is 125 Å². The van der Waals surface area contributed by atoms with Crippen molar-refractivity contribution in [2.45, 2.75) is 34.5 Å². The van der Waals surface area contributed by atoms with E-state index in [1.807, 2.05) is 78.9 Å². The van der Waals surface area contributed by atoms with Gasteiger partial charge in [-0.3, -0.25) is 4.79 Å². The van der Waals surface area contributed by atoms with Crippen molar-refractivity contribution < 1.29 is 14.4 Å². The molecular weight excluding hydrogens is 534 g/mol. The molecule has 0 spiro atoms. The first-order chi connectivity index (χ1) is 18.5. The van der Waals surface area contributed by atoms with Crippen molar-refractivity contribution >= 4 is 52.6 Å². The zero-order valence-electron chi connectivity index (χ0n) is 20.8. The third-order valence-corrected chi connectivity index (χ3v) is 7.78. The normalized spacial score (nSPS) is 11.3. The van der Waals surface area contributed by atoms with Crippen LogP contribution < -0.4 is 0 Å². The Balaban J connectivity index is 1.34. The Morgan fingerprint density at radius 3 is 1.97 bits per heavy atom. The van der Waals surface area contributed by atoms with E-state index in [0.29, 0.717) is 29.0 Å². The minimum atomic E-state index is -0.434. The molecule has 4 aromatic rings. The van der Waals surface area contributed by atoms with Gasteiger partial charge in [-0.1, -0.05) is 71.0 Å². The largest absolute Gasteiger partial charge is 0.331 e. The van der Waals surface area contributed by atoms with E-state index in [2.05, 4.69) is 29.4 Å². The van der Waals surface area contributed by atoms with Gasteiger partial charge in [0, 0.05) is 49.9 Å². The van der Waals surface area contributed by atoms with Gasteiger partial charge in [0.25, 0.3) is 0 Å². The van der Waals surface area contributed by atoms with Gasteiger partial charge in [0.2, 0.25) is 0 Å². The molecule has 38 heavy (non-hydrogen) atoms. The van der Waals surface area contributed by atoms with Crippen molar-refractivity contribution in [2.75, 3.05) is 5.75 Å². The third kappa shape index (κ3) is 8.62. The van der Waals surface area contributed by atoms with Crippen molar-refractivity contribution in [1.29, 1.82) is 0 Å². The fourth-order valence-corrected chi connectivity index (χ4v) is 5.43. The summed E-state index contributed by atoms with van der Waals surface area (Å²) in [4.78, 5) is 32.1. The Kier molecular flexibility index (Phi) is 10.2. The zero-order valence-corrected chi connectivity index (χ0v) is 23.2. The van der Waals surface area contributed by atoms with Gasteiger partial charge in [0.1, 0.15) is 0 Å². The quantitative estimate of drug-likeness (QED) is 0.0607. The minimum Gasteiger partial charge on any atom is -0.319 e. The maximum atomic E-state index is 12.6. The first-order valence-corrected chi connectivity index (χ1v) is 14.2. The SMILES string of the molecule is CC(=O)O/N=C(\CCSc1ccc(Cl)cc1)Cc1ccc(Sc2ccc(C(=O)c3ccccc3)cc2)cc1. The van der Waals surface area contributed by atoms with E-state index in [0.717, 1.165) is 31.7 Å². The lowest BCUT2D eigenvalue weighted by Crippen LogP contribution is -2.07. The van der Waals surface area contributed by atoms with E-state index in [4.69, 9.17) is 16.4 Å². The summed E-state index contributed by atoms with van der Waals surface area (Å²) < 4.78 is 0. The summed E-state index contributed by atoms with van der Waals surface area (Å²) in [7, 11) is 0. The lowest BCUT2D eigenvalue weighted by molar-refractivity contribution is -0.140. The van der Waals surface area contributed by atoms with Gasteiger partial charge >= 0.3 is 5.97 Å². The second kappa shape index (κ2) is 14.0. The summed E-state index contributed by atoms with van der Waals surface area (Å²) >= 11 is 9.30. The van der Waals surface area contributed by atoms with Crippen LogP contribution in [-0.4, -0.2) is 23.2 Å². The van der Waals surface area contributed by atoms with Crippen LogP contribution >= 0.6 is 35.1 Å². The molecule has 0 saturated heterocycles. The molecule has 0 heterocycles. The van der Waals surface area contributed by atoms with Crippen LogP contribution in [0.15, 0.2) is 123 Å². The summed E-state index contributed by atoms with van der Waals surface area (Å²) in [6.45, 7) is 1.35. The number of benzene rings is 4. The fourth-order valence-electron chi connectivity index (χ4n) is 3.59. The molecule has 0 bridgehead atoms. The monoisotopic (exact) mass is 559 g/mol. The van der Waals surface area contributed by atoms with Crippen LogP contribution in [0.3, 0.4) is 0 Å². The summed E-state index contributed by atoms with van der Waals surface area (Å²) in [5, 5.41) is 4.81. The Labute approximate surface area is 236 Å². The van der Waals surface area contributed by atoms with Crippen molar-refractivity contribution in [3.8, 4) is 0 Å². The number of rotatable bonds is 11. The van der Waals surface area contributed by atoms with Crippen LogP contribution in [0, 0.1) is 0 Å². The molecule has 0 N–H and O–H groups in total. The van der Waals surface area contributed by atoms with Crippen LogP contribution in [0.4, 0.5) is 0 Å². The molecule has 0 radical (unpaired) electrons. The topological polar surface area (TPSA) is 55.7 Å². The Bertz CT molecular complexity index is 1390. The minimum absolute atomic E-state index is 0.0179. The highest BCUT2D eigenvalue weighted by Gasteiger charge is 2.09. The lowest BCUT2D eigenvalue weighted by atomic mass is 10.0. The number of oxime groups is 1. The number of carbonyl (C=O) groups excluding carboxylic acids is 2. The smallest absolute Gasteiger partial charge is 0.319 e. The predicted octanol–water partition coefficient (Wildman–Crippen LogP) is 8.37. The molecule has 0 aromatic heterocycles. The molecule has 192 valence electrons. The Morgan fingerprint density at radius 2 is 1.34 bits per heavy atom. The van der Waals surface area contributed by atoms with Gasteiger partial charge in [-0.05, 0) is 72.6 Å². The average Bonchev–Trinajstić information content (AvgIpc) is 2.94. The third-order valence-electron chi connectivity index (χ3n) is 5.50. The summed E-state index contributed by atoms with van der Waals surface area (Å²) in [5.74, 6) is 0.388. The number of nitrogens with zero attached hydrogens (tertiary/aromatic N) is 1. The molecule has 4 aromatic carbocycles. The summed E-state index contributed by atoms with van der Waals surface area (Å²) in [6.07, 6.45) is 1.28. The molecule has 0 saturated carbocycles. The fraction of sp³-hybridized carbons (Fsp3) is 0.129. The Hall–Kier alpha value is -3.32. The number of hydrogen-bond donors (Lipinski definition) is 0. The zero-order chi connectivity index (χ0) is 26.7. The van der Waals surface area contributed by atoms with Crippen LogP contribution in [0.1, 0.15) is 34.8 Å². The predicted molar refractivity (Wildman–Crippen MR) is 157 cm³/mol. The van der Waals surface area contributed by atoms with E-state index in [-0.39, 0.29) is 5.78 Å². The molecular formula is C31H26ClNO3S2. The van der Waals surface area contributed by atoms with E-state index in [1.165, 1.54) is 6.92 Å². The summed E-state index contributed by atoms with van der Waals surface area (Å²) in [6, 6.07) is 32.9. The van der Waals surface area contributed by atoms with Crippen molar-refractivity contribution in [1.82, 2.24) is 0 Å². The highest BCUT2D eigenvalue weighted by molar-refractivity contribution is 7.99. The van der Waals surface area contributed by atoms with Gasteiger partial charge in [-0.15, -0.1) is 11.8 Å². The first-order valence-electron chi connectivity index (χ1n) is 12.0. The van der Waals surface area contributed by atoms with Gasteiger partial charge in [0.05, 0.1) is 5.71 Å². The molecule has 0 aliphatic heterocycles. The summed E-state index contributed by atoms with van der Waals surface area (Å²) in [5.41, 5.74) is 3.25. The number of hydrogen-bond acceptors (Lipinski definition) is 6. The van der Waals surface area contributed by atoms with Crippen LogP contribution in [0.2, 0.25) is 5.02 Å². The molecule has 4 rings (SSSR count). The second-order valence-electron chi connectivity index (χ2n) is 8.44. The number of carbonyl (C=O) groups is 2. The highest BCUT2D eigenvalue weighted by Crippen LogP contribution is 2.29. The maximum absolute atomic E-state index is 12.6. The molecule has 0 atom stereocenters. The first kappa shape index (κ1) is 27.7. The molecule has 0 fully saturated rings. The number of thioether (sulfide) groups is 1. The van der Waals surface area contributed by atoms with Crippen LogP contribution in [0.5, 0.6) is 0 Å². The maximum Gasteiger partial charge on any atom is 0.331 e. The molecule has 4 nitrogen and oxygen atoms in total. The van der Waals surface area contributed by atoms with Crippen LogP contribution in [0.25, 0.3) is 0 Å². The van der Waals surface area contributed by atoms with E-state index < -0.39 is 5.97 Å². The van der Waals surface area contributed by atoms with Gasteiger partial charge < -0.3 is 4.84 Å². The van der Waals surface area contributed by atoms with Gasteiger partial charge in [-0.25, -0.2) is 4.79 Å². The molecule has 0 unspecified atom stereocenters. The Morgan fingerprint density at radius 1 is 0.763 bits per heavy atom. The van der Waals surface area contributed by atoms with E-state index >= 15 is 0 Å². The average molecular weight is 560 g/mol. The molecule has 0 aliphatic carbocycles. The van der Waals surface area contributed by atoms with E-state index in [1.54, 1.807) is 23.5 Å². The van der Waals surface area contributed by atoms with E-state index in [9.17, 15) is 9.59 Å². The molecule has 7 heteroatoms. The molecule has 0 aliphatic rings. The highest BCUT2D eigenvalue weighted by atomic mass is 35.5. The van der Waals surface area contributed by atoms with Crippen molar-refractivity contribution in [3.63, 3.8) is 0 Å². The molecule has 0 amide bonds.